The molecule has 21 heavy (non-hydrogen) atoms. The summed E-state index contributed by atoms with van der Waals surface area (Å²) in [5.41, 5.74) is 1.21. The van der Waals surface area contributed by atoms with Crippen LogP contribution in [0.5, 0.6) is 5.75 Å². The van der Waals surface area contributed by atoms with Crippen molar-refractivity contribution in [3.8, 4) is 5.75 Å². The zero-order chi connectivity index (χ0) is 14.8. The lowest BCUT2D eigenvalue weighted by molar-refractivity contribution is -0.133. The molecule has 2 heteroatoms. The minimum atomic E-state index is -0.196. The summed E-state index contributed by atoms with van der Waals surface area (Å²) in [6.07, 6.45) is 1.28. The largest absolute Gasteiger partial charge is 0.425 e. The first-order valence-corrected chi connectivity index (χ1v) is 7.38. The maximum absolute atomic E-state index is 11.8. The summed E-state index contributed by atoms with van der Waals surface area (Å²) in [6, 6.07) is 16.4. The summed E-state index contributed by atoms with van der Waals surface area (Å²) < 4.78 is 5.69. The molecule has 0 radical (unpaired) electrons. The van der Waals surface area contributed by atoms with Gasteiger partial charge in [-0.3, -0.25) is 4.79 Å². The number of esters is 1. The summed E-state index contributed by atoms with van der Waals surface area (Å²) in [7, 11) is 0. The number of fused-ring (bicyclic) bond motifs is 2. The summed E-state index contributed by atoms with van der Waals surface area (Å²) in [4.78, 5) is 11.8. The number of carbonyl (C=O) groups excluding carboxylic acids is 1. The van der Waals surface area contributed by atoms with Crippen molar-refractivity contribution in [2.45, 2.75) is 26.7 Å². The van der Waals surface area contributed by atoms with E-state index in [0.717, 1.165) is 28.0 Å². The molecule has 0 bridgehead atoms. The molecular formula is C19H18O2. The molecule has 3 aromatic rings. The first-order valence-electron chi connectivity index (χ1n) is 7.38. The van der Waals surface area contributed by atoms with E-state index in [9.17, 15) is 4.79 Å². The summed E-state index contributed by atoms with van der Waals surface area (Å²) in [6.45, 7) is 3.94. The lowest BCUT2D eigenvalue weighted by atomic mass is 9.97. The second kappa shape index (κ2) is 5.57. The Kier molecular flexibility index (Phi) is 3.61. The lowest BCUT2D eigenvalue weighted by Gasteiger charge is -2.14. The average molecular weight is 278 g/mol. The topological polar surface area (TPSA) is 26.3 Å². The Morgan fingerprint density at radius 3 is 2.52 bits per heavy atom. The van der Waals surface area contributed by atoms with Gasteiger partial charge >= 0.3 is 5.97 Å². The Labute approximate surface area is 124 Å². The molecule has 106 valence electrons. The first-order chi connectivity index (χ1) is 10.2. The maximum Gasteiger partial charge on any atom is 0.310 e. The van der Waals surface area contributed by atoms with E-state index >= 15 is 0 Å². The number of benzene rings is 3. The summed E-state index contributed by atoms with van der Waals surface area (Å²) in [5, 5.41) is 4.26. The van der Waals surface area contributed by atoms with Gasteiger partial charge in [-0.05, 0) is 28.8 Å². The molecule has 3 aromatic carbocycles. The third-order valence-electron chi connectivity index (χ3n) is 3.81. The minimum absolute atomic E-state index is 0.196. The van der Waals surface area contributed by atoms with Crippen molar-refractivity contribution < 1.29 is 9.53 Å². The van der Waals surface area contributed by atoms with Crippen LogP contribution < -0.4 is 4.74 Å². The Hall–Kier alpha value is -2.35. The highest BCUT2D eigenvalue weighted by Crippen LogP contribution is 2.37. The van der Waals surface area contributed by atoms with Gasteiger partial charge in [-0.15, -0.1) is 0 Å². The van der Waals surface area contributed by atoms with Crippen LogP contribution in [0.25, 0.3) is 21.5 Å². The van der Waals surface area contributed by atoms with Crippen molar-refractivity contribution in [3.05, 3.63) is 54.1 Å². The number of aryl methyl sites for hydroxylation is 1. The van der Waals surface area contributed by atoms with Crippen LogP contribution in [0.15, 0.2) is 48.5 Å². The van der Waals surface area contributed by atoms with Crippen molar-refractivity contribution >= 4 is 27.5 Å². The molecule has 0 aromatic heterocycles. The number of rotatable bonds is 3. The Bertz CT molecular complexity index is 818. The maximum atomic E-state index is 11.8. The van der Waals surface area contributed by atoms with Gasteiger partial charge in [-0.2, -0.15) is 0 Å². The molecule has 0 heterocycles. The second-order valence-electron chi connectivity index (χ2n) is 5.12. The van der Waals surface area contributed by atoms with Gasteiger partial charge in [-0.1, -0.05) is 56.3 Å². The monoisotopic (exact) mass is 278 g/mol. The van der Waals surface area contributed by atoms with Crippen LogP contribution in [-0.4, -0.2) is 5.97 Å². The van der Waals surface area contributed by atoms with Crippen molar-refractivity contribution in [1.82, 2.24) is 0 Å². The van der Waals surface area contributed by atoms with Crippen LogP contribution >= 0.6 is 0 Å². The third-order valence-corrected chi connectivity index (χ3v) is 3.81. The molecule has 3 rings (SSSR count). The van der Waals surface area contributed by atoms with E-state index in [1.165, 1.54) is 5.56 Å². The Balaban J connectivity index is 2.41. The fraction of sp³-hybridized carbons (Fsp3) is 0.211. The van der Waals surface area contributed by atoms with E-state index in [1.54, 1.807) is 0 Å². The van der Waals surface area contributed by atoms with Crippen molar-refractivity contribution in [3.63, 3.8) is 0 Å². The van der Waals surface area contributed by atoms with Crippen LogP contribution in [0.4, 0.5) is 0 Å². The van der Waals surface area contributed by atoms with Gasteiger partial charge in [-0.25, -0.2) is 0 Å². The lowest BCUT2D eigenvalue weighted by Crippen LogP contribution is -2.07. The molecule has 0 amide bonds. The second-order valence-corrected chi connectivity index (χ2v) is 5.12. The van der Waals surface area contributed by atoms with Gasteiger partial charge in [0.05, 0.1) is 0 Å². The van der Waals surface area contributed by atoms with Gasteiger partial charge in [0, 0.05) is 17.2 Å². The summed E-state index contributed by atoms with van der Waals surface area (Å²) >= 11 is 0. The van der Waals surface area contributed by atoms with Crippen molar-refractivity contribution in [2.24, 2.45) is 0 Å². The molecule has 0 aliphatic carbocycles. The van der Waals surface area contributed by atoms with Crippen LogP contribution in [-0.2, 0) is 11.2 Å². The van der Waals surface area contributed by atoms with Crippen molar-refractivity contribution in [1.29, 1.82) is 0 Å². The third kappa shape index (κ3) is 2.38. The molecular weight excluding hydrogens is 260 g/mol. The molecule has 0 saturated heterocycles. The highest BCUT2D eigenvalue weighted by atomic mass is 16.5. The Morgan fingerprint density at radius 1 is 1.00 bits per heavy atom. The van der Waals surface area contributed by atoms with E-state index in [-0.39, 0.29) is 5.97 Å². The van der Waals surface area contributed by atoms with Crippen LogP contribution in [0.1, 0.15) is 25.8 Å². The molecule has 0 aliphatic rings. The number of hydrogen-bond acceptors (Lipinski definition) is 2. The number of hydrogen-bond donors (Lipinski definition) is 0. The van der Waals surface area contributed by atoms with Gasteiger partial charge in [0.25, 0.3) is 0 Å². The molecule has 0 N–H and O–H groups in total. The predicted molar refractivity (Wildman–Crippen MR) is 86.8 cm³/mol. The zero-order valence-corrected chi connectivity index (χ0v) is 12.3. The minimum Gasteiger partial charge on any atom is -0.425 e. The van der Waals surface area contributed by atoms with E-state index in [4.69, 9.17) is 4.74 Å². The van der Waals surface area contributed by atoms with E-state index in [2.05, 4.69) is 37.3 Å². The average Bonchev–Trinajstić information content (AvgIpc) is 2.53. The van der Waals surface area contributed by atoms with Gasteiger partial charge in [0.15, 0.2) is 0 Å². The smallest absolute Gasteiger partial charge is 0.310 e. The fourth-order valence-corrected chi connectivity index (χ4v) is 2.74. The molecule has 0 saturated carbocycles. The highest BCUT2D eigenvalue weighted by Gasteiger charge is 2.14. The van der Waals surface area contributed by atoms with Crippen LogP contribution in [0, 0.1) is 0 Å². The van der Waals surface area contributed by atoms with E-state index < -0.39 is 0 Å². The quantitative estimate of drug-likeness (QED) is 0.388. The van der Waals surface area contributed by atoms with Gasteiger partial charge in [0.1, 0.15) is 5.75 Å². The van der Waals surface area contributed by atoms with Crippen LogP contribution in [0.3, 0.4) is 0 Å². The molecule has 0 spiro atoms. The normalized spacial score (nSPS) is 11.0. The SMILES string of the molecule is CCC(=O)Oc1c2ccccc2cc2cccc(CC)c12. The Morgan fingerprint density at radius 2 is 1.76 bits per heavy atom. The van der Waals surface area contributed by atoms with Crippen LogP contribution in [0.2, 0.25) is 0 Å². The first kappa shape index (κ1) is 13.6. The molecule has 0 fully saturated rings. The molecule has 0 unspecified atom stereocenters. The van der Waals surface area contributed by atoms with E-state index in [0.29, 0.717) is 12.2 Å². The highest BCUT2D eigenvalue weighted by molar-refractivity contribution is 6.07. The van der Waals surface area contributed by atoms with Gasteiger partial charge < -0.3 is 4.74 Å². The zero-order valence-electron chi connectivity index (χ0n) is 12.3. The summed E-state index contributed by atoms with van der Waals surface area (Å²) in [5.74, 6) is 0.506. The number of ether oxygens (including phenoxy) is 1. The molecule has 0 atom stereocenters. The molecule has 2 nitrogen and oxygen atoms in total. The van der Waals surface area contributed by atoms with Gasteiger partial charge in [0.2, 0.25) is 0 Å². The number of carbonyl (C=O) groups is 1. The van der Waals surface area contributed by atoms with E-state index in [1.807, 2.05) is 25.1 Å². The molecule has 0 aliphatic heterocycles. The fourth-order valence-electron chi connectivity index (χ4n) is 2.74. The van der Waals surface area contributed by atoms with Crippen molar-refractivity contribution in [2.75, 3.05) is 0 Å². The predicted octanol–water partition coefficient (Wildman–Crippen LogP) is 4.87. The standard InChI is InChI=1S/C19H18O2/c1-3-13-9-7-10-15-12-14-8-5-6-11-16(14)19(18(13)15)21-17(20)4-2/h5-12H,3-4H2,1-2H3.